The Labute approximate surface area is 136 Å². The van der Waals surface area contributed by atoms with E-state index in [-0.39, 0.29) is 11.0 Å². The van der Waals surface area contributed by atoms with E-state index >= 15 is 0 Å². The van der Waals surface area contributed by atoms with Crippen molar-refractivity contribution in [3.63, 3.8) is 0 Å². The molecule has 0 aromatic heterocycles. The van der Waals surface area contributed by atoms with E-state index < -0.39 is 5.60 Å². The van der Waals surface area contributed by atoms with Crippen LogP contribution in [0.5, 0.6) is 0 Å². The molecule has 126 valence electrons. The fraction of sp³-hybridized carbons (Fsp3) is 0.900. The third-order valence-electron chi connectivity index (χ3n) is 7.22. The molecule has 0 aromatic carbocycles. The van der Waals surface area contributed by atoms with E-state index in [0.29, 0.717) is 17.9 Å². The Morgan fingerprint density at radius 2 is 1.82 bits per heavy atom. The molecule has 0 radical (unpaired) electrons. The van der Waals surface area contributed by atoms with Gasteiger partial charge in [-0.05, 0) is 83.0 Å². The van der Waals surface area contributed by atoms with Gasteiger partial charge in [0, 0.05) is 0 Å². The molecule has 3 rings (SSSR count). The minimum atomic E-state index is -0.524. The van der Waals surface area contributed by atoms with E-state index in [2.05, 4.69) is 40.7 Å². The van der Waals surface area contributed by atoms with E-state index in [1.807, 2.05) is 0 Å². The number of epoxide rings is 1. The maximum Gasteiger partial charge on any atom is 0.0920 e. The van der Waals surface area contributed by atoms with Gasteiger partial charge in [-0.2, -0.15) is 0 Å². The normalized spacial score (nSPS) is 50.8. The number of fused-ring (bicyclic) bond motifs is 3. The van der Waals surface area contributed by atoms with Gasteiger partial charge in [-0.15, -0.1) is 0 Å². The number of ether oxygens (including phenoxy) is 1. The second-order valence-corrected chi connectivity index (χ2v) is 9.25. The zero-order chi connectivity index (χ0) is 16.2. The summed E-state index contributed by atoms with van der Waals surface area (Å²) in [4.78, 5) is 0. The fourth-order valence-electron chi connectivity index (χ4n) is 5.31. The zero-order valence-corrected chi connectivity index (χ0v) is 15.1. The van der Waals surface area contributed by atoms with Crippen LogP contribution in [0.1, 0.15) is 79.6 Å². The van der Waals surface area contributed by atoms with Crippen molar-refractivity contribution in [3.8, 4) is 0 Å². The molecule has 2 nitrogen and oxygen atoms in total. The first kappa shape index (κ1) is 16.5. The van der Waals surface area contributed by atoms with Crippen molar-refractivity contribution in [2.24, 2.45) is 17.3 Å². The molecule has 1 N–H and O–H groups in total. The molecule has 0 aromatic rings. The molecule has 1 heterocycles. The molecular formula is C20H34O2. The Hall–Kier alpha value is -0.340. The summed E-state index contributed by atoms with van der Waals surface area (Å²) in [6, 6.07) is 0. The van der Waals surface area contributed by atoms with Crippen molar-refractivity contribution < 1.29 is 9.84 Å². The van der Waals surface area contributed by atoms with E-state index in [1.165, 1.54) is 18.4 Å². The lowest BCUT2D eigenvalue weighted by Gasteiger charge is -2.53. The van der Waals surface area contributed by atoms with E-state index in [4.69, 9.17) is 4.74 Å². The highest BCUT2D eigenvalue weighted by Crippen LogP contribution is 2.55. The van der Waals surface area contributed by atoms with Gasteiger partial charge in [-0.25, -0.2) is 0 Å². The summed E-state index contributed by atoms with van der Waals surface area (Å²) >= 11 is 0. The lowest BCUT2D eigenvalue weighted by atomic mass is 9.54. The summed E-state index contributed by atoms with van der Waals surface area (Å²) in [5.41, 5.74) is 1.25. The molecule has 1 saturated heterocycles. The van der Waals surface area contributed by atoms with E-state index in [1.54, 1.807) is 0 Å². The summed E-state index contributed by atoms with van der Waals surface area (Å²) in [5.74, 6) is 1.06. The minimum Gasteiger partial charge on any atom is -0.390 e. The van der Waals surface area contributed by atoms with Crippen LogP contribution >= 0.6 is 0 Å². The zero-order valence-electron chi connectivity index (χ0n) is 15.1. The summed E-state index contributed by atoms with van der Waals surface area (Å²) < 4.78 is 6.03. The standard InChI is InChI=1S/C20H34O2/c1-14-6-8-15-10-12-19(4,21)16(18(15,2)3)11-13-20(5)17(22-20)9-7-14/h6,15-17,21H,7-13H2,1-5H3/b14-6+. The summed E-state index contributed by atoms with van der Waals surface area (Å²) in [7, 11) is 0. The van der Waals surface area contributed by atoms with Crippen molar-refractivity contribution in [1.29, 1.82) is 0 Å². The quantitative estimate of drug-likeness (QED) is 0.512. The number of allylic oxidation sites excluding steroid dienone is 2. The predicted octanol–water partition coefficient (Wildman–Crippen LogP) is 4.86. The van der Waals surface area contributed by atoms with Crippen LogP contribution in [-0.4, -0.2) is 22.4 Å². The topological polar surface area (TPSA) is 32.8 Å². The first-order valence-corrected chi connectivity index (χ1v) is 9.21. The van der Waals surface area contributed by atoms with Gasteiger partial charge in [-0.3, -0.25) is 0 Å². The van der Waals surface area contributed by atoms with Crippen molar-refractivity contribution in [2.75, 3.05) is 0 Å². The van der Waals surface area contributed by atoms with Crippen LogP contribution < -0.4 is 0 Å². The van der Waals surface area contributed by atoms with Gasteiger partial charge in [0.1, 0.15) is 0 Å². The SMILES string of the molecule is C/C1=C\CC2CCC(C)(O)C(CCC3(C)OC3CC1)C2(C)C. The molecular weight excluding hydrogens is 272 g/mol. The van der Waals surface area contributed by atoms with Gasteiger partial charge < -0.3 is 9.84 Å². The number of rotatable bonds is 0. The molecule has 22 heavy (non-hydrogen) atoms. The molecule has 2 bridgehead atoms. The molecule has 0 amide bonds. The smallest absolute Gasteiger partial charge is 0.0920 e. The van der Waals surface area contributed by atoms with E-state index in [9.17, 15) is 5.11 Å². The van der Waals surface area contributed by atoms with Crippen molar-refractivity contribution in [1.82, 2.24) is 0 Å². The second-order valence-electron chi connectivity index (χ2n) is 9.25. The van der Waals surface area contributed by atoms with Crippen LogP contribution in [0.15, 0.2) is 11.6 Å². The Bertz CT molecular complexity index is 462. The first-order chi connectivity index (χ1) is 10.2. The van der Waals surface area contributed by atoms with Crippen molar-refractivity contribution >= 4 is 0 Å². The van der Waals surface area contributed by atoms with Crippen LogP contribution in [0.25, 0.3) is 0 Å². The van der Waals surface area contributed by atoms with Gasteiger partial charge in [0.25, 0.3) is 0 Å². The highest BCUT2D eigenvalue weighted by Gasteiger charge is 2.55. The number of aliphatic hydroxyl groups is 1. The first-order valence-electron chi connectivity index (χ1n) is 9.21. The fourth-order valence-corrected chi connectivity index (χ4v) is 5.31. The van der Waals surface area contributed by atoms with Crippen molar-refractivity contribution in [3.05, 3.63) is 11.6 Å². The Morgan fingerprint density at radius 1 is 1.09 bits per heavy atom. The lowest BCUT2D eigenvalue weighted by Crippen LogP contribution is -2.51. The maximum atomic E-state index is 11.0. The maximum absolute atomic E-state index is 11.0. The summed E-state index contributed by atoms with van der Waals surface area (Å²) in [5, 5.41) is 11.0. The molecule has 5 unspecified atom stereocenters. The Kier molecular flexibility index (Phi) is 4.01. The predicted molar refractivity (Wildman–Crippen MR) is 90.7 cm³/mol. The van der Waals surface area contributed by atoms with E-state index in [0.717, 1.165) is 32.1 Å². The van der Waals surface area contributed by atoms with Crippen LogP contribution in [0.3, 0.4) is 0 Å². The van der Waals surface area contributed by atoms with Crippen molar-refractivity contribution in [2.45, 2.75) is 96.9 Å². The Morgan fingerprint density at radius 3 is 2.55 bits per heavy atom. The summed E-state index contributed by atoms with van der Waals surface area (Å²) in [6.07, 6.45) is 10.7. The lowest BCUT2D eigenvalue weighted by molar-refractivity contribution is -0.120. The molecule has 5 atom stereocenters. The number of hydrogen-bond acceptors (Lipinski definition) is 2. The molecule has 1 aliphatic heterocycles. The molecule has 2 fully saturated rings. The minimum absolute atomic E-state index is 0.0680. The molecule has 0 spiro atoms. The molecule has 2 aliphatic carbocycles. The van der Waals surface area contributed by atoms with Gasteiger partial charge in [0.05, 0.1) is 17.3 Å². The average Bonchev–Trinajstić information content (AvgIpc) is 3.04. The summed E-state index contributed by atoms with van der Waals surface area (Å²) in [6.45, 7) is 11.4. The third kappa shape index (κ3) is 2.89. The highest BCUT2D eigenvalue weighted by atomic mass is 16.6. The Balaban J connectivity index is 1.88. The van der Waals surface area contributed by atoms with Crippen LogP contribution in [0, 0.1) is 17.3 Å². The average molecular weight is 306 g/mol. The largest absolute Gasteiger partial charge is 0.390 e. The highest BCUT2D eigenvalue weighted by molar-refractivity contribution is 5.09. The third-order valence-corrected chi connectivity index (χ3v) is 7.22. The molecule has 1 saturated carbocycles. The van der Waals surface area contributed by atoms with Gasteiger partial charge in [-0.1, -0.05) is 25.5 Å². The van der Waals surface area contributed by atoms with Crippen LogP contribution in [0.4, 0.5) is 0 Å². The second kappa shape index (κ2) is 5.34. The molecule has 2 heteroatoms. The van der Waals surface area contributed by atoms with Crippen LogP contribution in [-0.2, 0) is 4.74 Å². The van der Waals surface area contributed by atoms with Crippen LogP contribution in [0.2, 0.25) is 0 Å². The van der Waals surface area contributed by atoms with Gasteiger partial charge in [0.2, 0.25) is 0 Å². The van der Waals surface area contributed by atoms with Gasteiger partial charge in [0.15, 0.2) is 0 Å². The van der Waals surface area contributed by atoms with Gasteiger partial charge >= 0.3 is 0 Å². The molecule has 3 aliphatic rings. The number of hydrogen-bond donors (Lipinski definition) is 1. The monoisotopic (exact) mass is 306 g/mol.